The second kappa shape index (κ2) is 5.84. The minimum absolute atomic E-state index is 0.0520. The van der Waals surface area contributed by atoms with E-state index in [4.69, 9.17) is 15.4 Å². The fraction of sp³-hybridized carbons (Fsp3) is 0.643. The summed E-state index contributed by atoms with van der Waals surface area (Å²) >= 11 is 0. The van der Waals surface area contributed by atoms with Gasteiger partial charge in [-0.15, -0.1) is 0 Å². The zero-order valence-corrected chi connectivity index (χ0v) is 14.9. The second-order valence-electron chi connectivity index (χ2n) is 6.93. The zero-order valence-electron chi connectivity index (χ0n) is 13.9. The quantitative estimate of drug-likeness (QED) is 0.814. The van der Waals surface area contributed by atoms with Gasteiger partial charge in [-0.3, -0.25) is 0 Å². The first-order valence-electron chi connectivity index (χ1n) is 7.45. The molecule has 0 radical (unpaired) electrons. The Labute approximate surface area is 131 Å². The third-order valence-corrected chi connectivity index (χ3v) is 8.43. The number of fused-ring (bicyclic) bond motifs is 1. The first-order valence-corrected chi connectivity index (χ1v) is 10.4. The molecular weight excluding hydrogens is 298 g/mol. The van der Waals surface area contributed by atoms with Crippen molar-refractivity contribution in [2.24, 2.45) is 0 Å². The molecule has 2 aromatic heterocycles. The van der Waals surface area contributed by atoms with Crippen LogP contribution in [0.15, 0.2) is 6.33 Å². The Bertz CT molecular complexity index is 663. The van der Waals surface area contributed by atoms with E-state index in [-0.39, 0.29) is 11.6 Å². The van der Waals surface area contributed by atoms with Gasteiger partial charge in [-0.1, -0.05) is 20.8 Å². The van der Waals surface area contributed by atoms with Crippen molar-refractivity contribution < 1.29 is 9.63 Å². The van der Waals surface area contributed by atoms with Crippen LogP contribution in [0.4, 0.5) is 5.82 Å². The van der Waals surface area contributed by atoms with Crippen LogP contribution in [0.5, 0.6) is 0 Å². The Kier molecular flexibility index (Phi) is 4.43. The number of nitrogen functional groups attached to an aromatic ring is 1. The topological polar surface area (TPSA) is 99.1 Å². The normalized spacial score (nSPS) is 12.8. The smallest absolute Gasteiger partial charge is 0.284 e. The highest BCUT2D eigenvalue weighted by molar-refractivity contribution is 6.74. The van der Waals surface area contributed by atoms with E-state index in [0.29, 0.717) is 29.8 Å². The summed E-state index contributed by atoms with van der Waals surface area (Å²) in [6.45, 7) is 11.0. The number of nitrogens with two attached hydrogens (primary N) is 1. The molecule has 8 heteroatoms. The number of imidazole rings is 1. The average Bonchev–Trinajstić information content (AvgIpc) is 2.74. The molecular formula is C14H25N5O2Si. The van der Waals surface area contributed by atoms with Gasteiger partial charge in [0, 0.05) is 13.0 Å². The highest BCUT2D eigenvalue weighted by atomic mass is 28.4. The van der Waals surface area contributed by atoms with Crippen molar-refractivity contribution in [2.45, 2.75) is 51.7 Å². The Morgan fingerprint density at radius 3 is 2.59 bits per heavy atom. The Balaban J connectivity index is 2.52. The lowest BCUT2D eigenvalue weighted by Gasteiger charge is -2.36. The minimum Gasteiger partial charge on any atom is -0.467 e. The predicted molar refractivity (Wildman–Crippen MR) is 88.9 cm³/mol. The molecule has 0 aliphatic rings. The molecule has 0 bridgehead atoms. The lowest BCUT2D eigenvalue weighted by molar-refractivity contribution is 0.240. The van der Waals surface area contributed by atoms with Crippen LogP contribution in [0.2, 0.25) is 18.1 Å². The van der Waals surface area contributed by atoms with E-state index in [9.17, 15) is 0 Å². The van der Waals surface area contributed by atoms with Crippen molar-refractivity contribution >= 4 is 25.3 Å². The lowest BCUT2D eigenvalue weighted by Crippen LogP contribution is -2.48. The van der Waals surface area contributed by atoms with Gasteiger partial charge in [-0.05, 0) is 24.6 Å². The van der Waals surface area contributed by atoms with Crippen LogP contribution in [0.1, 0.15) is 33.0 Å². The van der Waals surface area contributed by atoms with Crippen LogP contribution in [-0.4, -0.2) is 39.7 Å². The minimum atomic E-state index is -2.06. The molecule has 3 N–H and O–H groups in total. The van der Waals surface area contributed by atoms with E-state index < -0.39 is 8.32 Å². The zero-order chi connectivity index (χ0) is 16.5. The number of aromatic nitrogens is 4. The van der Waals surface area contributed by atoms with Gasteiger partial charge in [0.15, 0.2) is 17.0 Å². The first kappa shape index (κ1) is 16.7. The summed E-state index contributed by atoms with van der Waals surface area (Å²) in [6, 6.07) is 0. The van der Waals surface area contributed by atoms with Crippen molar-refractivity contribution in [3.05, 3.63) is 12.2 Å². The number of aliphatic hydroxyl groups excluding tert-OH is 1. The van der Waals surface area contributed by atoms with Crippen molar-refractivity contribution in [1.82, 2.24) is 19.7 Å². The number of aliphatic hydroxyl groups is 1. The summed E-state index contributed by atoms with van der Waals surface area (Å²) in [5.74, 6) is 1.06. The summed E-state index contributed by atoms with van der Waals surface area (Å²) in [5, 5.41) is 9.14. The van der Waals surface area contributed by atoms with Crippen LogP contribution in [0.3, 0.4) is 0 Å². The molecule has 0 aromatic carbocycles. The van der Waals surface area contributed by atoms with Crippen LogP contribution < -0.4 is 10.3 Å². The molecule has 22 heavy (non-hydrogen) atoms. The molecule has 0 aliphatic carbocycles. The van der Waals surface area contributed by atoms with Crippen molar-refractivity contribution in [2.75, 3.05) is 12.3 Å². The fourth-order valence-corrected chi connectivity index (χ4v) is 2.71. The molecule has 122 valence electrons. The number of hydrogen-bond donors (Lipinski definition) is 2. The summed E-state index contributed by atoms with van der Waals surface area (Å²) in [5.41, 5.74) is 7.03. The molecule has 0 atom stereocenters. The van der Waals surface area contributed by atoms with Gasteiger partial charge in [-0.25, -0.2) is 15.0 Å². The number of anilines is 1. The van der Waals surface area contributed by atoms with E-state index in [1.807, 2.05) is 0 Å². The average molecular weight is 323 g/mol. The monoisotopic (exact) mass is 323 g/mol. The SMILES string of the molecule is CC(C)(C)[Si](C)(C)On1c(CCCO)nc2c(N)ncnc21. The lowest BCUT2D eigenvalue weighted by atomic mass is 10.2. The van der Waals surface area contributed by atoms with E-state index in [1.54, 1.807) is 4.73 Å². The van der Waals surface area contributed by atoms with Gasteiger partial charge < -0.3 is 15.4 Å². The largest absolute Gasteiger partial charge is 0.467 e. The molecule has 2 aromatic rings. The van der Waals surface area contributed by atoms with Crippen molar-refractivity contribution in [1.29, 1.82) is 0 Å². The number of nitrogens with zero attached hydrogens (tertiary/aromatic N) is 4. The van der Waals surface area contributed by atoms with E-state index in [2.05, 4.69) is 48.8 Å². The van der Waals surface area contributed by atoms with Gasteiger partial charge in [-0.2, -0.15) is 4.73 Å². The highest BCUT2D eigenvalue weighted by Gasteiger charge is 2.41. The summed E-state index contributed by atoms with van der Waals surface area (Å²) in [6.07, 6.45) is 2.62. The highest BCUT2D eigenvalue weighted by Crippen LogP contribution is 2.35. The molecule has 0 spiro atoms. The van der Waals surface area contributed by atoms with Gasteiger partial charge >= 0.3 is 0 Å². The number of aryl methyl sites for hydroxylation is 1. The van der Waals surface area contributed by atoms with E-state index >= 15 is 0 Å². The standard InChI is InChI=1S/C14H25N5O2Si/c1-14(2,3)22(4,5)21-19-10(7-6-8-20)18-11-12(15)16-9-17-13(11)19/h9,20H,6-8H2,1-5H3,(H2,15,16,17). The molecule has 0 amide bonds. The molecule has 0 aliphatic heterocycles. The maximum atomic E-state index is 9.09. The van der Waals surface area contributed by atoms with E-state index in [1.165, 1.54) is 6.33 Å². The Morgan fingerprint density at radius 2 is 2.00 bits per heavy atom. The maximum Gasteiger partial charge on any atom is 0.284 e. The van der Waals surface area contributed by atoms with Crippen LogP contribution in [0, 0.1) is 0 Å². The second-order valence-corrected chi connectivity index (χ2v) is 11.6. The molecule has 0 unspecified atom stereocenters. The molecule has 0 fully saturated rings. The van der Waals surface area contributed by atoms with Crippen LogP contribution in [-0.2, 0) is 6.42 Å². The van der Waals surface area contributed by atoms with Crippen LogP contribution >= 0.6 is 0 Å². The Hall–Kier alpha value is -1.67. The molecule has 2 rings (SSSR count). The molecule has 7 nitrogen and oxygen atoms in total. The summed E-state index contributed by atoms with van der Waals surface area (Å²) < 4.78 is 8.06. The van der Waals surface area contributed by atoms with Gasteiger partial charge in [0.2, 0.25) is 0 Å². The van der Waals surface area contributed by atoms with Gasteiger partial charge in [0.1, 0.15) is 12.2 Å². The predicted octanol–water partition coefficient (Wildman–Crippen LogP) is 1.77. The van der Waals surface area contributed by atoms with Crippen molar-refractivity contribution in [3.63, 3.8) is 0 Å². The maximum absolute atomic E-state index is 9.09. The summed E-state index contributed by atoms with van der Waals surface area (Å²) in [4.78, 5) is 12.8. The third kappa shape index (κ3) is 3.07. The van der Waals surface area contributed by atoms with Crippen molar-refractivity contribution in [3.8, 4) is 0 Å². The molecule has 0 saturated heterocycles. The number of rotatable bonds is 5. The number of hydrogen-bond acceptors (Lipinski definition) is 6. The van der Waals surface area contributed by atoms with Gasteiger partial charge in [0.25, 0.3) is 8.32 Å². The first-order chi connectivity index (χ1) is 10.2. The van der Waals surface area contributed by atoms with Crippen LogP contribution in [0.25, 0.3) is 11.2 Å². The fourth-order valence-electron chi connectivity index (χ4n) is 1.79. The van der Waals surface area contributed by atoms with E-state index in [0.717, 1.165) is 5.82 Å². The Morgan fingerprint density at radius 1 is 1.32 bits per heavy atom. The third-order valence-electron chi connectivity index (χ3n) is 4.18. The van der Waals surface area contributed by atoms with Gasteiger partial charge in [0.05, 0.1) is 0 Å². The molecule has 2 heterocycles. The molecule has 0 saturated carbocycles. The summed E-state index contributed by atoms with van der Waals surface area (Å²) in [7, 11) is -2.06.